The Hall–Kier alpha value is -1.06. The summed E-state index contributed by atoms with van der Waals surface area (Å²) in [6.45, 7) is 8.94. The maximum atomic E-state index is 5.74. The van der Waals surface area contributed by atoms with E-state index in [-0.39, 0.29) is 0 Å². The van der Waals surface area contributed by atoms with Crippen molar-refractivity contribution in [3.63, 3.8) is 0 Å². The fraction of sp³-hybridized carbons (Fsp3) is 0.667. The molecule has 0 atom stereocenters. The van der Waals surface area contributed by atoms with E-state index in [1.54, 1.807) is 0 Å². The largest absolute Gasteiger partial charge is 0.494 e. The highest BCUT2D eigenvalue weighted by molar-refractivity contribution is 5.27. The topological polar surface area (TPSA) is 24.5 Å². The normalized spacial score (nSPS) is 16.0. The van der Waals surface area contributed by atoms with Crippen molar-refractivity contribution in [3.8, 4) is 5.75 Å². The van der Waals surface area contributed by atoms with Crippen LogP contribution in [0.4, 0.5) is 0 Å². The van der Waals surface area contributed by atoms with Gasteiger partial charge in [0.1, 0.15) is 5.75 Å². The van der Waals surface area contributed by atoms with Crippen LogP contribution >= 0.6 is 0 Å². The molecule has 1 aliphatic heterocycles. The number of hydrogen-bond donors (Lipinski definition) is 1. The molecule has 1 fully saturated rings. The van der Waals surface area contributed by atoms with Crippen LogP contribution < -0.4 is 10.1 Å². The lowest BCUT2D eigenvalue weighted by molar-refractivity contribution is 0.225. The Labute approximate surface area is 129 Å². The second-order valence-corrected chi connectivity index (χ2v) is 6.02. The van der Waals surface area contributed by atoms with Gasteiger partial charge in [-0.1, -0.05) is 18.6 Å². The molecule has 0 amide bonds. The van der Waals surface area contributed by atoms with Gasteiger partial charge in [0.05, 0.1) is 6.61 Å². The molecule has 1 N–H and O–H groups in total. The third-order valence-electron chi connectivity index (χ3n) is 4.03. The standard InChI is InChI=1S/C18H30N2O/c1-17-8-5-9-18(16-17)21-15-7-11-19-10-6-14-20-12-3-2-4-13-20/h5,8-9,16,19H,2-4,6-7,10-15H2,1H3. The van der Waals surface area contributed by atoms with Crippen molar-refractivity contribution in [2.24, 2.45) is 0 Å². The highest BCUT2D eigenvalue weighted by Crippen LogP contribution is 2.12. The Balaban J connectivity index is 1.41. The number of ether oxygens (including phenoxy) is 1. The van der Waals surface area contributed by atoms with Gasteiger partial charge in [-0.25, -0.2) is 0 Å². The molecule has 1 aromatic carbocycles. The summed E-state index contributed by atoms with van der Waals surface area (Å²) in [7, 11) is 0. The quantitative estimate of drug-likeness (QED) is 0.707. The molecule has 118 valence electrons. The van der Waals surface area contributed by atoms with Crippen molar-refractivity contribution < 1.29 is 4.74 Å². The van der Waals surface area contributed by atoms with Gasteiger partial charge in [-0.2, -0.15) is 0 Å². The molecule has 0 unspecified atom stereocenters. The monoisotopic (exact) mass is 290 g/mol. The van der Waals surface area contributed by atoms with Crippen molar-refractivity contribution in [1.29, 1.82) is 0 Å². The molecule has 0 bridgehead atoms. The zero-order valence-corrected chi connectivity index (χ0v) is 13.4. The molecule has 3 nitrogen and oxygen atoms in total. The summed E-state index contributed by atoms with van der Waals surface area (Å²) in [6, 6.07) is 8.26. The average Bonchev–Trinajstić information content (AvgIpc) is 2.51. The summed E-state index contributed by atoms with van der Waals surface area (Å²) >= 11 is 0. The van der Waals surface area contributed by atoms with E-state index in [4.69, 9.17) is 4.74 Å². The van der Waals surface area contributed by atoms with E-state index in [1.807, 2.05) is 12.1 Å². The van der Waals surface area contributed by atoms with Gasteiger partial charge in [-0.3, -0.25) is 0 Å². The van der Waals surface area contributed by atoms with Gasteiger partial charge >= 0.3 is 0 Å². The molecule has 0 spiro atoms. The first-order valence-electron chi connectivity index (χ1n) is 8.47. The summed E-state index contributed by atoms with van der Waals surface area (Å²) in [4.78, 5) is 2.60. The smallest absolute Gasteiger partial charge is 0.119 e. The fourth-order valence-electron chi connectivity index (χ4n) is 2.83. The first-order valence-corrected chi connectivity index (χ1v) is 8.47. The molecule has 1 saturated heterocycles. The first kappa shape index (κ1) is 16.3. The number of benzene rings is 1. The van der Waals surface area contributed by atoms with Crippen LogP contribution in [0.1, 0.15) is 37.7 Å². The highest BCUT2D eigenvalue weighted by Gasteiger charge is 2.08. The van der Waals surface area contributed by atoms with Crippen LogP contribution in [0.3, 0.4) is 0 Å². The summed E-state index contributed by atoms with van der Waals surface area (Å²) < 4.78 is 5.74. The van der Waals surface area contributed by atoms with E-state index in [2.05, 4.69) is 29.3 Å². The Morgan fingerprint density at radius 2 is 1.90 bits per heavy atom. The lowest BCUT2D eigenvalue weighted by Crippen LogP contribution is -2.32. The number of piperidine rings is 1. The highest BCUT2D eigenvalue weighted by atomic mass is 16.5. The van der Waals surface area contributed by atoms with Gasteiger partial charge in [-0.05, 0) is 83.0 Å². The van der Waals surface area contributed by atoms with Gasteiger partial charge in [0.15, 0.2) is 0 Å². The van der Waals surface area contributed by atoms with Crippen molar-refractivity contribution in [2.45, 2.75) is 39.0 Å². The third kappa shape index (κ3) is 6.96. The van der Waals surface area contributed by atoms with Crippen LogP contribution in [-0.4, -0.2) is 44.2 Å². The molecule has 0 aromatic heterocycles. The van der Waals surface area contributed by atoms with Crippen LogP contribution in [0.5, 0.6) is 5.75 Å². The lowest BCUT2D eigenvalue weighted by atomic mass is 10.1. The molecule has 1 aliphatic rings. The Morgan fingerprint density at radius 1 is 1.10 bits per heavy atom. The molecule has 3 heteroatoms. The van der Waals surface area contributed by atoms with Gasteiger partial charge in [0.2, 0.25) is 0 Å². The summed E-state index contributed by atoms with van der Waals surface area (Å²) in [5.41, 5.74) is 1.25. The minimum absolute atomic E-state index is 0.794. The fourth-order valence-corrected chi connectivity index (χ4v) is 2.83. The Bertz CT molecular complexity index is 389. The van der Waals surface area contributed by atoms with Crippen molar-refractivity contribution in [2.75, 3.05) is 39.3 Å². The first-order chi connectivity index (χ1) is 10.3. The van der Waals surface area contributed by atoms with Crippen molar-refractivity contribution in [3.05, 3.63) is 29.8 Å². The maximum Gasteiger partial charge on any atom is 0.119 e. The zero-order chi connectivity index (χ0) is 14.8. The molecule has 2 rings (SSSR count). The van der Waals surface area contributed by atoms with E-state index in [0.717, 1.165) is 31.9 Å². The van der Waals surface area contributed by atoms with Crippen molar-refractivity contribution in [1.82, 2.24) is 10.2 Å². The number of likely N-dealkylation sites (tertiary alicyclic amines) is 1. The molecular weight excluding hydrogens is 260 g/mol. The van der Waals surface area contributed by atoms with E-state index in [0.29, 0.717) is 0 Å². The van der Waals surface area contributed by atoms with Gasteiger partial charge in [0.25, 0.3) is 0 Å². The minimum Gasteiger partial charge on any atom is -0.494 e. The summed E-state index contributed by atoms with van der Waals surface area (Å²) in [5.74, 6) is 0.986. The second kappa shape index (κ2) is 9.80. The molecule has 1 heterocycles. The molecule has 21 heavy (non-hydrogen) atoms. The van der Waals surface area contributed by atoms with Crippen LogP contribution in [0.15, 0.2) is 24.3 Å². The van der Waals surface area contributed by atoms with Crippen LogP contribution in [0.25, 0.3) is 0 Å². The zero-order valence-electron chi connectivity index (χ0n) is 13.4. The molecule has 0 radical (unpaired) electrons. The number of nitrogens with one attached hydrogen (secondary N) is 1. The van der Waals surface area contributed by atoms with E-state index in [9.17, 15) is 0 Å². The second-order valence-electron chi connectivity index (χ2n) is 6.02. The number of aryl methyl sites for hydroxylation is 1. The number of nitrogens with zero attached hydrogens (tertiary/aromatic N) is 1. The van der Waals surface area contributed by atoms with Gasteiger partial charge < -0.3 is 15.0 Å². The molecule has 0 aliphatic carbocycles. The SMILES string of the molecule is Cc1cccc(OCCCNCCCN2CCCCC2)c1. The molecular formula is C18H30N2O. The summed E-state index contributed by atoms with van der Waals surface area (Å²) in [5, 5.41) is 3.52. The maximum absolute atomic E-state index is 5.74. The minimum atomic E-state index is 0.794. The number of hydrogen-bond acceptors (Lipinski definition) is 3. The Morgan fingerprint density at radius 3 is 2.71 bits per heavy atom. The van der Waals surface area contributed by atoms with Gasteiger partial charge in [0, 0.05) is 0 Å². The predicted octanol–water partition coefficient (Wildman–Crippen LogP) is 3.23. The van der Waals surface area contributed by atoms with Gasteiger partial charge in [-0.15, -0.1) is 0 Å². The van der Waals surface area contributed by atoms with Crippen LogP contribution in [0, 0.1) is 6.92 Å². The van der Waals surface area contributed by atoms with E-state index < -0.39 is 0 Å². The van der Waals surface area contributed by atoms with E-state index in [1.165, 1.54) is 50.9 Å². The number of rotatable bonds is 9. The van der Waals surface area contributed by atoms with Crippen LogP contribution in [-0.2, 0) is 0 Å². The molecule has 1 aromatic rings. The molecule has 0 saturated carbocycles. The van der Waals surface area contributed by atoms with Crippen molar-refractivity contribution >= 4 is 0 Å². The van der Waals surface area contributed by atoms with E-state index >= 15 is 0 Å². The average molecular weight is 290 g/mol. The Kier molecular flexibility index (Phi) is 7.61. The summed E-state index contributed by atoms with van der Waals surface area (Å²) in [6.07, 6.45) is 6.54. The van der Waals surface area contributed by atoms with Crippen LogP contribution in [0.2, 0.25) is 0 Å². The predicted molar refractivity (Wildman–Crippen MR) is 89.1 cm³/mol. The third-order valence-corrected chi connectivity index (χ3v) is 4.03. The lowest BCUT2D eigenvalue weighted by Gasteiger charge is -2.26.